The maximum absolute atomic E-state index is 14.8. The summed E-state index contributed by atoms with van der Waals surface area (Å²) < 4.78 is 0. The highest BCUT2D eigenvalue weighted by atomic mass is 16.3. The van der Waals surface area contributed by atoms with E-state index in [2.05, 4.69) is 65.3 Å². The van der Waals surface area contributed by atoms with Crippen LogP contribution in [0.4, 0.5) is 0 Å². The van der Waals surface area contributed by atoms with Crippen LogP contribution in [-0.2, 0) is 4.79 Å². The largest absolute Gasteiger partial charge is 0.393 e. The second-order valence-electron chi connectivity index (χ2n) is 20.1. The Hall–Kier alpha value is -0.870. The molecule has 0 radical (unpaired) electrons. The fourth-order valence-electron chi connectivity index (χ4n) is 15.0. The predicted molar refractivity (Wildman–Crippen MR) is 189 cm³/mol. The van der Waals surface area contributed by atoms with Gasteiger partial charge in [0, 0.05) is 19.1 Å². The van der Waals surface area contributed by atoms with Crippen LogP contribution in [0.1, 0.15) is 145 Å². The van der Waals surface area contributed by atoms with Crippen molar-refractivity contribution in [3.05, 3.63) is 12.2 Å². The van der Waals surface area contributed by atoms with Crippen LogP contribution in [0.5, 0.6) is 0 Å². The van der Waals surface area contributed by atoms with Crippen molar-refractivity contribution >= 4 is 5.91 Å². The maximum Gasteiger partial charge on any atom is 0.226 e. The lowest BCUT2D eigenvalue weighted by Crippen LogP contribution is -2.67. The molecule has 46 heavy (non-hydrogen) atoms. The molecular weight excluding hydrogens is 564 g/mol. The fourth-order valence-corrected chi connectivity index (χ4v) is 15.0. The average molecular weight is 635 g/mol. The lowest BCUT2D eigenvalue weighted by atomic mass is 9.32. The van der Waals surface area contributed by atoms with Gasteiger partial charge in [0.1, 0.15) is 0 Å². The Labute approximate surface area is 282 Å². The van der Waals surface area contributed by atoms with Gasteiger partial charge in [-0.1, -0.05) is 53.7 Å². The summed E-state index contributed by atoms with van der Waals surface area (Å²) in [6.45, 7) is 25.8. The van der Waals surface area contributed by atoms with Gasteiger partial charge in [0.15, 0.2) is 0 Å². The van der Waals surface area contributed by atoms with Crippen molar-refractivity contribution in [2.75, 3.05) is 19.6 Å². The van der Waals surface area contributed by atoms with Gasteiger partial charge in [-0.25, -0.2) is 0 Å². The van der Waals surface area contributed by atoms with E-state index in [0.29, 0.717) is 47.0 Å². The molecule has 7 fully saturated rings. The number of hydrogen-bond acceptors (Lipinski definition) is 3. The zero-order valence-corrected chi connectivity index (χ0v) is 30.9. The van der Waals surface area contributed by atoms with E-state index in [9.17, 15) is 9.90 Å². The van der Waals surface area contributed by atoms with Gasteiger partial charge in [-0.15, -0.1) is 0 Å². The normalized spacial score (nSPS) is 51.8. The fraction of sp³-hybridized carbons (Fsp3) is 0.929. The van der Waals surface area contributed by atoms with E-state index in [1.165, 1.54) is 89.4 Å². The summed E-state index contributed by atoms with van der Waals surface area (Å²) in [4.78, 5) is 17.5. The summed E-state index contributed by atoms with van der Waals surface area (Å²) in [7, 11) is 0. The number of aliphatic hydroxyl groups is 1. The molecule has 0 aromatic heterocycles. The van der Waals surface area contributed by atoms with Crippen molar-refractivity contribution in [2.45, 2.75) is 157 Å². The van der Waals surface area contributed by atoms with Gasteiger partial charge >= 0.3 is 0 Å². The third-order valence-corrected chi connectivity index (χ3v) is 17.6. The Morgan fingerprint density at radius 1 is 0.870 bits per heavy atom. The number of piperidine rings is 1. The van der Waals surface area contributed by atoms with Crippen molar-refractivity contribution in [2.24, 2.45) is 68.5 Å². The molecule has 1 unspecified atom stereocenters. The van der Waals surface area contributed by atoms with Crippen LogP contribution < -0.4 is 5.32 Å². The molecule has 1 heterocycles. The number of rotatable bonds is 5. The van der Waals surface area contributed by atoms with Crippen LogP contribution in [0, 0.1) is 68.5 Å². The van der Waals surface area contributed by atoms with E-state index in [-0.39, 0.29) is 27.8 Å². The zero-order valence-electron chi connectivity index (χ0n) is 30.9. The summed E-state index contributed by atoms with van der Waals surface area (Å²) >= 11 is 0. The van der Waals surface area contributed by atoms with Crippen LogP contribution in [0.15, 0.2) is 12.2 Å². The number of aliphatic hydroxyl groups excluding tert-OH is 1. The third kappa shape index (κ3) is 4.89. The second-order valence-corrected chi connectivity index (χ2v) is 20.1. The molecular formula is C42H70N2O2. The van der Waals surface area contributed by atoms with Crippen molar-refractivity contribution in [1.82, 2.24) is 10.2 Å². The topological polar surface area (TPSA) is 52.6 Å². The van der Waals surface area contributed by atoms with Crippen LogP contribution in [0.25, 0.3) is 0 Å². The lowest BCUT2D eigenvalue weighted by molar-refractivity contribution is -0.246. The van der Waals surface area contributed by atoms with Gasteiger partial charge in [-0.2, -0.15) is 0 Å². The Morgan fingerprint density at radius 2 is 1.65 bits per heavy atom. The van der Waals surface area contributed by atoms with E-state index < -0.39 is 0 Å². The molecule has 6 aliphatic carbocycles. The highest BCUT2D eigenvalue weighted by Crippen LogP contribution is 2.77. The summed E-state index contributed by atoms with van der Waals surface area (Å²) in [6, 6.07) is 0.361. The molecule has 260 valence electrons. The number of carbonyl (C=O) groups is 1. The number of hydrogen-bond donors (Lipinski definition) is 2. The quantitative estimate of drug-likeness (QED) is 0.297. The van der Waals surface area contributed by atoms with Crippen LogP contribution in [-0.4, -0.2) is 47.7 Å². The van der Waals surface area contributed by atoms with Crippen molar-refractivity contribution in [1.29, 1.82) is 0 Å². The average Bonchev–Trinajstić information content (AvgIpc) is 3.61. The molecule has 2 N–H and O–H groups in total. The molecule has 0 spiro atoms. The molecule has 0 aromatic rings. The molecule has 7 aliphatic rings. The first-order valence-electron chi connectivity index (χ1n) is 20.0. The van der Waals surface area contributed by atoms with E-state index in [1.807, 2.05) is 0 Å². The number of nitrogens with zero attached hydrogens (tertiary/aromatic N) is 1. The number of allylic oxidation sites excluding steroid dienone is 1. The first kappa shape index (κ1) is 33.6. The van der Waals surface area contributed by atoms with Gasteiger partial charge in [-0.05, 0) is 173 Å². The Morgan fingerprint density at radius 3 is 2.39 bits per heavy atom. The Kier molecular flexibility index (Phi) is 8.48. The number of likely N-dealkylation sites (tertiary alicyclic amines) is 1. The minimum atomic E-state index is -0.213. The standard InChI is InChI=1S/C42H70N2O2/c1-27(2)31-15-20-42(37(46)43-30-12-11-29(24-30)26-44-23-9-10-28(3)25-44)22-21-40(7)32(36(31)42)13-14-34-39(6)18-17-35(45)38(4,5)33(39)16-19-41(34,40)8/h28-36,45H,1,9-26H2,2-8H3,(H,43,46)/t28?,29-,30+,31-,32+,33-,34+,35-,36+,39-,40+,41+,42-/m0/s1. The Balaban J connectivity index is 1.11. The summed E-state index contributed by atoms with van der Waals surface area (Å²) in [5.74, 6) is 4.80. The minimum Gasteiger partial charge on any atom is -0.393 e. The van der Waals surface area contributed by atoms with Crippen LogP contribution >= 0.6 is 0 Å². The highest BCUT2D eigenvalue weighted by Gasteiger charge is 2.72. The monoisotopic (exact) mass is 635 g/mol. The number of amides is 1. The smallest absolute Gasteiger partial charge is 0.226 e. The van der Waals surface area contributed by atoms with Gasteiger partial charge in [0.2, 0.25) is 5.91 Å². The number of nitrogens with one attached hydrogen (secondary N) is 1. The van der Waals surface area contributed by atoms with E-state index in [1.54, 1.807) is 0 Å². The van der Waals surface area contributed by atoms with E-state index in [0.717, 1.165) is 43.9 Å². The van der Waals surface area contributed by atoms with E-state index in [4.69, 9.17) is 0 Å². The predicted octanol–water partition coefficient (Wildman–Crippen LogP) is 9.02. The van der Waals surface area contributed by atoms with Crippen LogP contribution in [0.3, 0.4) is 0 Å². The first-order valence-corrected chi connectivity index (χ1v) is 20.0. The number of carbonyl (C=O) groups excluding carboxylic acids is 1. The van der Waals surface area contributed by atoms with Crippen molar-refractivity contribution in [3.8, 4) is 0 Å². The van der Waals surface area contributed by atoms with Crippen molar-refractivity contribution in [3.63, 3.8) is 0 Å². The molecule has 4 heteroatoms. The SMILES string of the molecule is C=C(C)[C@@H]1CC[C@]2(C(=O)N[C@@H]3CC[C@H](CN4CCCC(C)C4)C3)CC[C@]3(C)[C@H](CC[C@@H]4[C@@]5(C)CC[C@H](O)C(C)(C)[C@@H]5CC[C@]43C)[C@@H]12. The molecule has 0 bridgehead atoms. The van der Waals surface area contributed by atoms with Gasteiger partial charge in [0.25, 0.3) is 0 Å². The molecule has 6 saturated carbocycles. The first-order chi connectivity index (χ1) is 21.7. The molecule has 1 saturated heterocycles. The summed E-state index contributed by atoms with van der Waals surface area (Å²) in [6.07, 6.45) is 17.9. The number of fused-ring (bicyclic) bond motifs is 7. The van der Waals surface area contributed by atoms with Gasteiger partial charge in [0.05, 0.1) is 11.5 Å². The maximum atomic E-state index is 14.8. The highest BCUT2D eigenvalue weighted by molar-refractivity contribution is 5.84. The van der Waals surface area contributed by atoms with Gasteiger partial charge in [-0.3, -0.25) is 4.79 Å². The zero-order chi connectivity index (χ0) is 32.9. The molecule has 0 aromatic carbocycles. The molecule has 7 rings (SSSR count). The molecule has 13 atom stereocenters. The summed E-state index contributed by atoms with van der Waals surface area (Å²) in [5.41, 5.74) is 1.94. The Bertz CT molecular complexity index is 1200. The minimum absolute atomic E-state index is 0.00611. The summed E-state index contributed by atoms with van der Waals surface area (Å²) in [5, 5.41) is 14.9. The molecule has 4 nitrogen and oxygen atoms in total. The van der Waals surface area contributed by atoms with Crippen molar-refractivity contribution < 1.29 is 9.90 Å². The lowest BCUT2D eigenvalue weighted by Gasteiger charge is -2.72. The molecule has 1 amide bonds. The molecule has 1 aliphatic heterocycles. The van der Waals surface area contributed by atoms with Gasteiger partial charge < -0.3 is 15.3 Å². The third-order valence-electron chi connectivity index (χ3n) is 17.6. The van der Waals surface area contributed by atoms with Crippen LogP contribution in [0.2, 0.25) is 0 Å². The second kappa shape index (κ2) is 11.6. The van der Waals surface area contributed by atoms with E-state index >= 15 is 0 Å².